The summed E-state index contributed by atoms with van der Waals surface area (Å²) in [5.74, 6) is 0. The van der Waals surface area contributed by atoms with Gasteiger partial charge in [-0.1, -0.05) is 56.8 Å². The minimum absolute atomic E-state index is 0.000267. The third-order valence-electron chi connectivity index (χ3n) is 5.79. The molecule has 1 aliphatic rings. The molecular weight excluding hydrogens is 316 g/mol. The molecule has 1 N–H and O–H groups in total. The number of para-hydroxylation sites is 1. The quantitative estimate of drug-likeness (QED) is 0.435. The van der Waals surface area contributed by atoms with Crippen LogP contribution in [0.4, 0.5) is 0 Å². The van der Waals surface area contributed by atoms with Crippen LogP contribution in [-0.4, -0.2) is 9.55 Å². The molecule has 0 spiro atoms. The lowest BCUT2D eigenvalue weighted by Gasteiger charge is -2.18. The monoisotopic (exact) mass is 338 g/mol. The van der Waals surface area contributed by atoms with Crippen molar-refractivity contribution in [3.63, 3.8) is 0 Å². The average Bonchev–Trinajstić information content (AvgIpc) is 3.26. The Morgan fingerprint density at radius 1 is 1.12 bits per heavy atom. The molecule has 0 atom stereocenters. The van der Waals surface area contributed by atoms with Crippen molar-refractivity contribution in [2.45, 2.75) is 26.2 Å². The molecule has 0 saturated carbocycles. The molecule has 4 aromatic rings. The van der Waals surface area contributed by atoms with Crippen LogP contribution in [0, 0.1) is 0 Å². The maximum Gasteiger partial charge on any atom is 0.0632 e. The number of fused-ring (bicyclic) bond motifs is 7. The first-order chi connectivity index (χ1) is 12.6. The first-order valence-electron chi connectivity index (χ1n) is 9.13. The Kier molecular flexibility index (Phi) is 2.94. The van der Waals surface area contributed by atoms with Gasteiger partial charge in [-0.05, 0) is 36.8 Å². The van der Waals surface area contributed by atoms with Crippen molar-refractivity contribution in [2.24, 2.45) is 0 Å². The number of rotatable bonds is 2. The second-order valence-corrected chi connectivity index (χ2v) is 7.59. The van der Waals surface area contributed by atoms with E-state index in [0.29, 0.717) is 0 Å². The van der Waals surface area contributed by atoms with Crippen molar-refractivity contribution in [3.05, 3.63) is 77.6 Å². The van der Waals surface area contributed by atoms with Gasteiger partial charge in [-0.25, -0.2) is 0 Å². The van der Waals surface area contributed by atoms with Gasteiger partial charge in [0.25, 0.3) is 0 Å². The number of aromatic nitrogens is 2. The zero-order valence-corrected chi connectivity index (χ0v) is 15.4. The van der Waals surface area contributed by atoms with Crippen molar-refractivity contribution in [1.29, 1.82) is 0 Å². The molecule has 2 nitrogen and oxygen atoms in total. The van der Waals surface area contributed by atoms with Gasteiger partial charge in [-0.3, -0.25) is 0 Å². The van der Waals surface area contributed by atoms with Crippen LogP contribution < -0.4 is 0 Å². The smallest absolute Gasteiger partial charge is 0.0632 e. The lowest BCUT2D eigenvalue weighted by atomic mass is 9.83. The van der Waals surface area contributed by atoms with Crippen molar-refractivity contribution in [3.8, 4) is 5.69 Å². The molecule has 2 heteroatoms. The summed E-state index contributed by atoms with van der Waals surface area (Å²) in [6.07, 6.45) is 6.19. The van der Waals surface area contributed by atoms with Gasteiger partial charge in [-0.15, -0.1) is 0 Å². The van der Waals surface area contributed by atoms with E-state index < -0.39 is 0 Å². The van der Waals surface area contributed by atoms with Crippen LogP contribution in [-0.2, 0) is 5.41 Å². The van der Waals surface area contributed by atoms with Crippen LogP contribution >= 0.6 is 0 Å². The van der Waals surface area contributed by atoms with Gasteiger partial charge in [0.15, 0.2) is 0 Å². The highest BCUT2D eigenvalue weighted by atomic mass is 15.0. The van der Waals surface area contributed by atoms with Gasteiger partial charge in [0.2, 0.25) is 0 Å². The summed E-state index contributed by atoms with van der Waals surface area (Å²) in [7, 11) is 0. The maximum atomic E-state index is 4.00. The van der Waals surface area contributed by atoms with E-state index >= 15 is 0 Å². The van der Waals surface area contributed by atoms with E-state index in [-0.39, 0.29) is 5.41 Å². The van der Waals surface area contributed by atoms with Crippen LogP contribution in [0.5, 0.6) is 0 Å². The Hall–Kier alpha value is -3.00. The summed E-state index contributed by atoms with van der Waals surface area (Å²) in [5.41, 5.74) is 8.77. The highest BCUT2D eigenvalue weighted by molar-refractivity contribution is 6.12. The Labute approximate surface area is 153 Å². The van der Waals surface area contributed by atoms with E-state index in [1.165, 1.54) is 38.8 Å². The van der Waals surface area contributed by atoms with Crippen LogP contribution in [0.2, 0.25) is 0 Å². The number of hydrogen-bond donors (Lipinski definition) is 1. The second-order valence-electron chi connectivity index (χ2n) is 7.59. The fourth-order valence-electron chi connectivity index (χ4n) is 4.57. The fraction of sp³-hybridized carbons (Fsp3) is 0.167. The first kappa shape index (κ1) is 15.3. The van der Waals surface area contributed by atoms with Crippen molar-refractivity contribution < 1.29 is 0 Å². The maximum absolute atomic E-state index is 4.00. The minimum Gasteiger partial charge on any atom is -0.354 e. The van der Waals surface area contributed by atoms with Crippen molar-refractivity contribution in [2.75, 3.05) is 0 Å². The molecule has 0 fully saturated rings. The molecule has 2 aromatic carbocycles. The second kappa shape index (κ2) is 5.01. The number of benzene rings is 2. The fourth-order valence-corrected chi connectivity index (χ4v) is 4.57. The summed E-state index contributed by atoms with van der Waals surface area (Å²) >= 11 is 0. The third kappa shape index (κ3) is 1.71. The Morgan fingerprint density at radius 3 is 2.69 bits per heavy atom. The molecule has 128 valence electrons. The molecule has 5 rings (SSSR count). The molecule has 0 bridgehead atoms. The highest BCUT2D eigenvalue weighted by Crippen LogP contribution is 2.47. The Morgan fingerprint density at radius 2 is 1.92 bits per heavy atom. The third-order valence-corrected chi connectivity index (χ3v) is 5.79. The molecule has 26 heavy (non-hydrogen) atoms. The van der Waals surface area contributed by atoms with Gasteiger partial charge in [0, 0.05) is 38.7 Å². The van der Waals surface area contributed by atoms with E-state index in [1.807, 2.05) is 6.08 Å². The van der Waals surface area contributed by atoms with Crippen LogP contribution in [0.15, 0.2) is 55.1 Å². The van der Waals surface area contributed by atoms with E-state index in [4.69, 9.17) is 0 Å². The Balaban J connectivity index is 2.03. The summed E-state index contributed by atoms with van der Waals surface area (Å²) < 4.78 is 2.46. The zero-order chi connectivity index (χ0) is 18.1. The van der Waals surface area contributed by atoms with Gasteiger partial charge >= 0.3 is 0 Å². The molecule has 0 amide bonds. The minimum atomic E-state index is 0.000267. The zero-order valence-electron chi connectivity index (χ0n) is 15.4. The van der Waals surface area contributed by atoms with Gasteiger partial charge in [0.1, 0.15) is 0 Å². The number of hydrogen-bond acceptors (Lipinski definition) is 0. The van der Waals surface area contributed by atoms with Gasteiger partial charge in [-0.2, -0.15) is 0 Å². The molecule has 0 unspecified atom stereocenters. The predicted molar refractivity (Wildman–Crippen MR) is 112 cm³/mol. The van der Waals surface area contributed by atoms with Gasteiger partial charge < -0.3 is 9.55 Å². The van der Waals surface area contributed by atoms with Crippen molar-refractivity contribution >= 4 is 34.0 Å². The first-order valence-corrected chi connectivity index (χ1v) is 9.13. The van der Waals surface area contributed by atoms with E-state index in [0.717, 1.165) is 11.2 Å². The summed E-state index contributed by atoms with van der Waals surface area (Å²) in [5, 5.41) is 2.56. The lowest BCUT2D eigenvalue weighted by Crippen LogP contribution is -2.14. The summed E-state index contributed by atoms with van der Waals surface area (Å²) in [6, 6.07) is 15.5. The van der Waals surface area contributed by atoms with Crippen LogP contribution in [0.25, 0.3) is 39.6 Å². The standard InChI is InChI=1S/C24H22N2/c1-5-9-16-18(6-2)25-19-13-12-15-14-21-24(3,4)17-10-7-8-11-20(17)26(21)23(15)22(16)19/h5-14,25H,2H2,1,3-4H3/b9-5-. The van der Waals surface area contributed by atoms with Crippen molar-refractivity contribution in [1.82, 2.24) is 9.55 Å². The Bertz CT molecular complexity index is 1230. The number of nitrogens with one attached hydrogen (secondary N) is 1. The SMILES string of the molecule is C=Cc1[nH]c2ccc3cc4n(c3c2c1/C=C\C)-c1ccccc1C4(C)C. The number of allylic oxidation sites excluding steroid dienone is 1. The number of nitrogens with zero attached hydrogens (tertiary/aromatic N) is 1. The topological polar surface area (TPSA) is 20.7 Å². The molecule has 0 radical (unpaired) electrons. The summed E-state index contributed by atoms with van der Waals surface area (Å²) in [6.45, 7) is 10.7. The van der Waals surface area contributed by atoms with Crippen LogP contribution in [0.1, 0.15) is 43.3 Å². The molecule has 3 heterocycles. The predicted octanol–water partition coefficient (Wildman–Crippen LogP) is 6.43. The average molecular weight is 338 g/mol. The van der Waals surface area contributed by atoms with E-state index in [9.17, 15) is 0 Å². The lowest BCUT2D eigenvalue weighted by molar-refractivity contribution is 0.645. The highest BCUT2D eigenvalue weighted by Gasteiger charge is 2.37. The number of H-pyrrole nitrogens is 1. The van der Waals surface area contributed by atoms with Crippen LogP contribution in [0.3, 0.4) is 0 Å². The molecule has 0 aliphatic carbocycles. The van der Waals surface area contributed by atoms with Gasteiger partial charge in [0.05, 0.1) is 11.2 Å². The number of aromatic amines is 1. The molecular formula is C24H22N2. The molecule has 0 saturated heterocycles. The van der Waals surface area contributed by atoms with E-state index in [2.05, 4.69) is 91.5 Å². The largest absolute Gasteiger partial charge is 0.354 e. The molecule has 1 aliphatic heterocycles. The summed E-state index contributed by atoms with van der Waals surface area (Å²) in [4.78, 5) is 3.53. The molecule has 2 aromatic heterocycles. The normalized spacial score (nSPS) is 15.0. The van der Waals surface area contributed by atoms with E-state index in [1.54, 1.807) is 0 Å².